The maximum absolute atomic E-state index is 13.0. The molecular formula is C27H32N4O6S. The number of hydrogen-bond acceptors (Lipinski definition) is 7. The summed E-state index contributed by atoms with van der Waals surface area (Å²) in [6.45, 7) is 3.91. The Balaban J connectivity index is 1.55. The molecule has 11 heteroatoms. The van der Waals surface area contributed by atoms with Crippen LogP contribution in [0.3, 0.4) is 0 Å². The maximum Gasteiger partial charge on any atom is 0.326 e. The molecule has 38 heavy (non-hydrogen) atoms. The van der Waals surface area contributed by atoms with E-state index in [0.717, 1.165) is 4.90 Å². The molecule has 0 bridgehead atoms. The number of nitrogens with one attached hydrogen (secondary N) is 2. The van der Waals surface area contributed by atoms with E-state index in [9.17, 15) is 29.1 Å². The highest BCUT2D eigenvalue weighted by molar-refractivity contribution is 7.81. The van der Waals surface area contributed by atoms with Gasteiger partial charge in [0.15, 0.2) is 0 Å². The summed E-state index contributed by atoms with van der Waals surface area (Å²) in [7, 11) is 0. The number of nitrogens with zero attached hydrogens (tertiary/aromatic N) is 2. The largest absolute Gasteiger partial charge is 0.480 e. The SMILES string of the molecule is CC(C)C[C@H](NC(=O)C(S)CCCN1C(=O)c2ccccc2C1=O)C(=O)N[C@@H](Cc1ccccn1)C(=O)O. The van der Waals surface area contributed by atoms with Gasteiger partial charge in [-0.1, -0.05) is 32.0 Å². The van der Waals surface area contributed by atoms with Crippen molar-refractivity contribution in [2.24, 2.45) is 5.92 Å². The van der Waals surface area contributed by atoms with Gasteiger partial charge in [0, 0.05) is 24.9 Å². The van der Waals surface area contributed by atoms with Gasteiger partial charge in [-0.05, 0) is 49.4 Å². The third-order valence-electron chi connectivity index (χ3n) is 6.13. The van der Waals surface area contributed by atoms with E-state index in [1.807, 2.05) is 13.8 Å². The van der Waals surface area contributed by atoms with E-state index in [0.29, 0.717) is 29.7 Å². The summed E-state index contributed by atoms with van der Waals surface area (Å²) in [6.07, 6.45) is 2.44. The molecule has 4 amide bonds. The Morgan fingerprint density at radius 1 is 0.947 bits per heavy atom. The molecule has 0 radical (unpaired) electrons. The summed E-state index contributed by atoms with van der Waals surface area (Å²) in [6, 6.07) is 9.54. The van der Waals surface area contributed by atoms with Crippen LogP contribution in [0.4, 0.5) is 0 Å². The number of benzene rings is 1. The summed E-state index contributed by atoms with van der Waals surface area (Å²) in [4.78, 5) is 67.9. The van der Waals surface area contributed by atoms with Crippen LogP contribution in [-0.4, -0.2) is 68.5 Å². The number of carboxylic acids is 1. The molecule has 3 N–H and O–H groups in total. The zero-order valence-corrected chi connectivity index (χ0v) is 22.2. The van der Waals surface area contributed by atoms with Crippen LogP contribution >= 0.6 is 12.6 Å². The number of carbonyl (C=O) groups excluding carboxylic acids is 4. The normalized spacial score (nSPS) is 15.1. The summed E-state index contributed by atoms with van der Waals surface area (Å²) in [5.74, 6) is -3.00. The molecule has 1 aliphatic rings. The molecular weight excluding hydrogens is 508 g/mol. The molecule has 0 aliphatic carbocycles. The second-order valence-electron chi connectivity index (χ2n) is 9.58. The minimum atomic E-state index is -1.21. The predicted octanol–water partition coefficient (Wildman–Crippen LogP) is 2.10. The second kappa shape index (κ2) is 13.2. The molecule has 2 aromatic rings. The topological polar surface area (TPSA) is 146 Å². The van der Waals surface area contributed by atoms with Crippen LogP contribution in [0.1, 0.15) is 59.5 Å². The Kier molecular flexibility index (Phi) is 10.0. The quantitative estimate of drug-likeness (QED) is 0.225. The van der Waals surface area contributed by atoms with Gasteiger partial charge < -0.3 is 15.7 Å². The van der Waals surface area contributed by atoms with Crippen molar-refractivity contribution in [2.75, 3.05) is 6.54 Å². The van der Waals surface area contributed by atoms with Crippen LogP contribution < -0.4 is 10.6 Å². The molecule has 202 valence electrons. The lowest BCUT2D eigenvalue weighted by Crippen LogP contribution is -2.53. The third-order valence-corrected chi connectivity index (χ3v) is 6.63. The predicted molar refractivity (Wildman–Crippen MR) is 143 cm³/mol. The molecule has 0 spiro atoms. The lowest BCUT2D eigenvalue weighted by molar-refractivity contribution is -0.142. The fraction of sp³-hybridized carbons (Fsp3) is 0.407. The number of pyridine rings is 1. The van der Waals surface area contributed by atoms with Crippen molar-refractivity contribution in [3.63, 3.8) is 0 Å². The van der Waals surface area contributed by atoms with Crippen LogP contribution in [0.15, 0.2) is 48.7 Å². The van der Waals surface area contributed by atoms with Crippen molar-refractivity contribution in [3.8, 4) is 0 Å². The molecule has 1 aliphatic heterocycles. The Morgan fingerprint density at radius 3 is 2.11 bits per heavy atom. The zero-order valence-electron chi connectivity index (χ0n) is 21.3. The van der Waals surface area contributed by atoms with E-state index in [1.54, 1.807) is 48.7 Å². The van der Waals surface area contributed by atoms with E-state index >= 15 is 0 Å². The first kappa shape index (κ1) is 28.8. The van der Waals surface area contributed by atoms with Gasteiger partial charge in [0.25, 0.3) is 11.8 Å². The van der Waals surface area contributed by atoms with E-state index in [1.165, 1.54) is 0 Å². The highest BCUT2D eigenvalue weighted by Crippen LogP contribution is 2.23. The van der Waals surface area contributed by atoms with Crippen LogP contribution in [0.25, 0.3) is 0 Å². The standard InChI is InChI=1S/C27H32N4O6S/c1-16(2)14-20(23(32)30-21(27(36)37)15-17-8-5-6-12-28-17)29-24(33)22(38)11-7-13-31-25(34)18-9-3-4-10-19(18)26(31)35/h3-6,8-10,12,16,20-22,38H,7,11,13-15H2,1-2H3,(H,29,33)(H,30,32)(H,36,37)/t20-,21-,22?/m0/s1. The van der Waals surface area contributed by atoms with Crippen LogP contribution in [0.2, 0.25) is 0 Å². The molecule has 2 heterocycles. The number of amides is 4. The lowest BCUT2D eigenvalue weighted by atomic mass is 10.0. The van der Waals surface area contributed by atoms with E-state index in [-0.39, 0.29) is 37.1 Å². The minimum Gasteiger partial charge on any atom is -0.480 e. The van der Waals surface area contributed by atoms with Gasteiger partial charge >= 0.3 is 5.97 Å². The number of hydrogen-bond donors (Lipinski definition) is 4. The number of aromatic nitrogens is 1. The van der Waals surface area contributed by atoms with Gasteiger partial charge in [0.1, 0.15) is 12.1 Å². The summed E-state index contributed by atoms with van der Waals surface area (Å²) in [5, 5.41) is 14.0. The van der Waals surface area contributed by atoms with Gasteiger partial charge in [-0.25, -0.2) is 4.79 Å². The first-order valence-electron chi connectivity index (χ1n) is 12.4. The second-order valence-corrected chi connectivity index (χ2v) is 10.2. The summed E-state index contributed by atoms with van der Waals surface area (Å²) < 4.78 is 0. The van der Waals surface area contributed by atoms with Crippen molar-refractivity contribution in [3.05, 3.63) is 65.5 Å². The molecule has 3 rings (SSSR count). The number of carboxylic acid groups (broad SMARTS) is 1. The number of rotatable bonds is 13. The average Bonchev–Trinajstić information content (AvgIpc) is 3.13. The van der Waals surface area contributed by atoms with Gasteiger partial charge in [0.05, 0.1) is 16.4 Å². The Labute approximate surface area is 226 Å². The molecule has 10 nitrogen and oxygen atoms in total. The number of thiol groups is 1. The maximum atomic E-state index is 13.0. The fourth-order valence-corrected chi connectivity index (χ4v) is 4.44. The van der Waals surface area contributed by atoms with E-state index in [2.05, 4.69) is 28.2 Å². The molecule has 3 atom stereocenters. The van der Waals surface area contributed by atoms with Crippen molar-refractivity contribution in [2.45, 2.75) is 56.9 Å². The number of carbonyl (C=O) groups is 5. The van der Waals surface area contributed by atoms with Crippen LogP contribution in [-0.2, 0) is 20.8 Å². The lowest BCUT2D eigenvalue weighted by Gasteiger charge is -2.24. The van der Waals surface area contributed by atoms with Crippen molar-refractivity contribution < 1.29 is 29.1 Å². The van der Waals surface area contributed by atoms with Crippen LogP contribution in [0, 0.1) is 5.92 Å². The summed E-state index contributed by atoms with van der Waals surface area (Å²) in [5.41, 5.74) is 1.24. The smallest absolute Gasteiger partial charge is 0.326 e. The van der Waals surface area contributed by atoms with Gasteiger partial charge in [0.2, 0.25) is 11.8 Å². The van der Waals surface area contributed by atoms with Crippen LogP contribution in [0.5, 0.6) is 0 Å². The van der Waals surface area contributed by atoms with Gasteiger partial charge in [-0.3, -0.25) is 29.1 Å². The summed E-state index contributed by atoms with van der Waals surface area (Å²) >= 11 is 4.36. The number of aliphatic carboxylic acids is 1. The molecule has 0 saturated heterocycles. The third kappa shape index (κ3) is 7.41. The fourth-order valence-electron chi connectivity index (χ4n) is 4.19. The Bertz CT molecular complexity index is 1150. The molecule has 1 aromatic carbocycles. The van der Waals surface area contributed by atoms with Crippen molar-refractivity contribution in [1.82, 2.24) is 20.5 Å². The van der Waals surface area contributed by atoms with Gasteiger partial charge in [-0.2, -0.15) is 12.6 Å². The van der Waals surface area contributed by atoms with Crippen molar-refractivity contribution >= 4 is 42.2 Å². The van der Waals surface area contributed by atoms with E-state index < -0.39 is 35.1 Å². The monoisotopic (exact) mass is 540 g/mol. The van der Waals surface area contributed by atoms with Gasteiger partial charge in [-0.15, -0.1) is 0 Å². The highest BCUT2D eigenvalue weighted by Gasteiger charge is 2.35. The molecule has 0 saturated carbocycles. The Hall–Kier alpha value is -3.73. The Morgan fingerprint density at radius 2 is 1.55 bits per heavy atom. The van der Waals surface area contributed by atoms with E-state index in [4.69, 9.17) is 0 Å². The molecule has 1 unspecified atom stereocenters. The molecule has 1 aromatic heterocycles. The number of imide groups is 1. The first-order valence-corrected chi connectivity index (χ1v) is 13.0. The van der Waals surface area contributed by atoms with Crippen molar-refractivity contribution in [1.29, 1.82) is 0 Å². The minimum absolute atomic E-state index is 0.00272. The zero-order chi connectivity index (χ0) is 27.8. The number of fused-ring (bicyclic) bond motifs is 1. The average molecular weight is 541 g/mol. The highest BCUT2D eigenvalue weighted by atomic mass is 32.1. The first-order chi connectivity index (χ1) is 18.1. The molecule has 0 fully saturated rings.